The van der Waals surface area contributed by atoms with Crippen LogP contribution in [-0.4, -0.2) is 80.6 Å². The van der Waals surface area contributed by atoms with E-state index >= 15 is 0 Å². The monoisotopic (exact) mass is 446 g/mol. The summed E-state index contributed by atoms with van der Waals surface area (Å²) in [6.07, 6.45) is 4.32. The van der Waals surface area contributed by atoms with Gasteiger partial charge in [0.25, 0.3) is 0 Å². The molecule has 8 nitrogen and oxygen atoms in total. The Hall–Kier alpha value is -2.23. The van der Waals surface area contributed by atoms with Gasteiger partial charge in [0.2, 0.25) is 11.8 Å². The molecule has 0 aliphatic carbocycles. The molecular weight excluding hydrogens is 411 g/mol. The van der Waals surface area contributed by atoms with E-state index in [1.54, 1.807) is 11.9 Å². The standard InChI is InChI=1S/C23H35FN6O2/c1-27(21-4-5-22(31)26-23(21)32)18-2-3-20(19(24)16-18)29-14-12-28(13-15-29)9-6-17-7-10-30(25)11-8-17/h2-3,16-17,21H,4-15,25H2,1H3,(H,26,31,32). The number of nitrogens with one attached hydrogen (secondary N) is 1. The number of amides is 2. The predicted octanol–water partition coefficient (Wildman–Crippen LogP) is 1.16. The molecule has 0 saturated carbocycles. The Bertz CT molecular complexity index is 821. The Kier molecular flexibility index (Phi) is 7.27. The second-order valence-corrected chi connectivity index (χ2v) is 9.31. The molecule has 1 aromatic carbocycles. The van der Waals surface area contributed by atoms with E-state index in [9.17, 15) is 14.0 Å². The van der Waals surface area contributed by atoms with E-state index in [1.165, 1.54) is 25.3 Å². The van der Waals surface area contributed by atoms with Crippen LogP contribution in [0.4, 0.5) is 15.8 Å². The molecule has 32 heavy (non-hydrogen) atoms. The molecule has 2 amide bonds. The number of nitrogens with zero attached hydrogens (tertiary/aromatic N) is 4. The van der Waals surface area contributed by atoms with Crippen LogP contribution >= 0.6 is 0 Å². The molecular formula is C23H35FN6O2. The number of rotatable bonds is 6. The van der Waals surface area contributed by atoms with Gasteiger partial charge < -0.3 is 9.80 Å². The Balaban J connectivity index is 1.28. The van der Waals surface area contributed by atoms with Gasteiger partial charge in [-0.3, -0.25) is 25.6 Å². The van der Waals surface area contributed by atoms with E-state index in [1.807, 2.05) is 17.1 Å². The van der Waals surface area contributed by atoms with Crippen LogP contribution in [0.3, 0.4) is 0 Å². The second-order valence-electron chi connectivity index (χ2n) is 9.31. The molecule has 0 spiro atoms. The molecule has 1 atom stereocenters. The fourth-order valence-corrected chi connectivity index (χ4v) is 5.02. The quantitative estimate of drug-likeness (QED) is 0.501. The fourth-order valence-electron chi connectivity index (χ4n) is 5.02. The third-order valence-electron chi connectivity index (χ3n) is 7.23. The highest BCUT2D eigenvalue weighted by atomic mass is 19.1. The molecule has 3 aliphatic heterocycles. The van der Waals surface area contributed by atoms with Crippen molar-refractivity contribution in [3.8, 4) is 0 Å². The van der Waals surface area contributed by atoms with E-state index in [-0.39, 0.29) is 17.6 Å². The Morgan fingerprint density at radius 1 is 1.09 bits per heavy atom. The summed E-state index contributed by atoms with van der Waals surface area (Å²) >= 11 is 0. The minimum Gasteiger partial charge on any atom is -0.367 e. The molecule has 9 heteroatoms. The highest BCUT2D eigenvalue weighted by Gasteiger charge is 2.30. The number of carbonyl (C=O) groups is 2. The minimum atomic E-state index is -0.460. The number of hydrogen-bond acceptors (Lipinski definition) is 7. The number of imide groups is 1. The largest absolute Gasteiger partial charge is 0.367 e. The molecule has 3 heterocycles. The number of piperidine rings is 2. The number of hydrogen-bond donors (Lipinski definition) is 2. The van der Waals surface area contributed by atoms with Gasteiger partial charge in [-0.15, -0.1) is 0 Å². The summed E-state index contributed by atoms with van der Waals surface area (Å²) in [6.45, 7) is 6.57. The molecule has 0 aromatic heterocycles. The summed E-state index contributed by atoms with van der Waals surface area (Å²) in [5.41, 5.74) is 1.25. The zero-order chi connectivity index (χ0) is 22.7. The molecule has 3 saturated heterocycles. The van der Waals surface area contributed by atoms with Crippen LogP contribution in [0.15, 0.2) is 18.2 Å². The van der Waals surface area contributed by atoms with Crippen molar-refractivity contribution in [1.29, 1.82) is 0 Å². The fraction of sp³-hybridized carbons (Fsp3) is 0.652. The molecule has 3 N–H and O–H groups in total. The van der Waals surface area contributed by atoms with E-state index in [4.69, 9.17) is 5.84 Å². The first-order chi connectivity index (χ1) is 15.4. The maximum atomic E-state index is 15.0. The summed E-state index contributed by atoms with van der Waals surface area (Å²) in [5, 5.41) is 4.28. The number of anilines is 2. The van der Waals surface area contributed by atoms with Crippen molar-refractivity contribution in [2.24, 2.45) is 11.8 Å². The lowest BCUT2D eigenvalue weighted by molar-refractivity contribution is -0.134. The molecule has 3 fully saturated rings. The first-order valence-electron chi connectivity index (χ1n) is 11.7. The van der Waals surface area contributed by atoms with Crippen LogP contribution in [0.5, 0.6) is 0 Å². The van der Waals surface area contributed by atoms with Crippen molar-refractivity contribution in [3.05, 3.63) is 24.0 Å². The van der Waals surface area contributed by atoms with Crippen LogP contribution < -0.4 is 21.0 Å². The van der Waals surface area contributed by atoms with E-state index in [0.717, 1.165) is 51.7 Å². The Morgan fingerprint density at radius 2 is 1.81 bits per heavy atom. The number of likely N-dealkylation sites (N-methyl/N-ethyl adjacent to an activating group) is 1. The lowest BCUT2D eigenvalue weighted by atomic mass is 9.94. The van der Waals surface area contributed by atoms with Crippen LogP contribution in [0.2, 0.25) is 0 Å². The molecule has 0 bridgehead atoms. The average Bonchev–Trinajstić information content (AvgIpc) is 2.79. The number of benzene rings is 1. The van der Waals surface area contributed by atoms with Crippen LogP contribution in [0.25, 0.3) is 0 Å². The molecule has 0 radical (unpaired) electrons. The SMILES string of the molecule is CN(c1ccc(N2CCN(CCC3CCN(N)CC3)CC2)c(F)c1)C1CCC(=O)NC1=O. The van der Waals surface area contributed by atoms with Crippen molar-refractivity contribution < 1.29 is 14.0 Å². The maximum Gasteiger partial charge on any atom is 0.249 e. The number of carbonyl (C=O) groups excluding carboxylic acids is 2. The summed E-state index contributed by atoms with van der Waals surface area (Å²) in [7, 11) is 1.77. The molecule has 1 unspecified atom stereocenters. The Morgan fingerprint density at radius 3 is 2.47 bits per heavy atom. The van der Waals surface area contributed by atoms with Gasteiger partial charge in [-0.25, -0.2) is 9.40 Å². The van der Waals surface area contributed by atoms with Gasteiger partial charge in [-0.1, -0.05) is 0 Å². The van der Waals surface area contributed by atoms with Crippen LogP contribution in [0.1, 0.15) is 32.1 Å². The smallest absolute Gasteiger partial charge is 0.249 e. The van der Waals surface area contributed by atoms with Gasteiger partial charge in [0, 0.05) is 58.4 Å². The number of halogens is 1. The number of hydrazine groups is 1. The lowest BCUT2D eigenvalue weighted by Gasteiger charge is -2.37. The first kappa shape index (κ1) is 22.9. The molecule has 3 aliphatic rings. The van der Waals surface area contributed by atoms with Gasteiger partial charge in [-0.2, -0.15) is 0 Å². The predicted molar refractivity (Wildman–Crippen MR) is 123 cm³/mol. The van der Waals surface area contributed by atoms with Gasteiger partial charge in [-0.05, 0) is 56.3 Å². The highest BCUT2D eigenvalue weighted by Crippen LogP contribution is 2.28. The van der Waals surface area contributed by atoms with Gasteiger partial charge in [0.15, 0.2) is 0 Å². The first-order valence-corrected chi connectivity index (χ1v) is 11.7. The van der Waals surface area contributed by atoms with Crippen molar-refractivity contribution >= 4 is 23.2 Å². The number of piperazine rings is 1. The zero-order valence-electron chi connectivity index (χ0n) is 18.9. The topological polar surface area (TPSA) is 85.2 Å². The van der Waals surface area contributed by atoms with Crippen molar-refractivity contribution in [2.45, 2.75) is 38.1 Å². The highest BCUT2D eigenvalue weighted by molar-refractivity contribution is 6.01. The lowest BCUT2D eigenvalue weighted by Crippen LogP contribution is -2.51. The van der Waals surface area contributed by atoms with Gasteiger partial charge in [0.05, 0.1) is 5.69 Å². The molecule has 1 aromatic rings. The van der Waals surface area contributed by atoms with Crippen molar-refractivity contribution in [3.63, 3.8) is 0 Å². The summed E-state index contributed by atoms with van der Waals surface area (Å²) in [4.78, 5) is 29.9. The van der Waals surface area contributed by atoms with Crippen molar-refractivity contribution in [2.75, 3.05) is 62.7 Å². The molecule has 176 valence electrons. The van der Waals surface area contributed by atoms with E-state index in [2.05, 4.69) is 15.1 Å². The van der Waals surface area contributed by atoms with Gasteiger partial charge in [0.1, 0.15) is 11.9 Å². The normalized spacial score (nSPS) is 24.0. The third-order valence-corrected chi connectivity index (χ3v) is 7.23. The summed E-state index contributed by atoms with van der Waals surface area (Å²) in [6, 6.07) is 4.70. The van der Waals surface area contributed by atoms with Gasteiger partial charge >= 0.3 is 0 Å². The minimum absolute atomic E-state index is 0.249. The van der Waals surface area contributed by atoms with E-state index in [0.29, 0.717) is 24.2 Å². The van der Waals surface area contributed by atoms with Crippen LogP contribution in [0, 0.1) is 11.7 Å². The van der Waals surface area contributed by atoms with Crippen LogP contribution in [-0.2, 0) is 9.59 Å². The number of nitrogens with two attached hydrogens (primary N) is 1. The Labute approximate surface area is 189 Å². The zero-order valence-corrected chi connectivity index (χ0v) is 18.9. The molecule has 4 rings (SSSR count). The second kappa shape index (κ2) is 10.1. The van der Waals surface area contributed by atoms with E-state index < -0.39 is 6.04 Å². The maximum absolute atomic E-state index is 15.0. The summed E-state index contributed by atoms with van der Waals surface area (Å²) in [5.74, 6) is 5.77. The average molecular weight is 447 g/mol. The summed E-state index contributed by atoms with van der Waals surface area (Å²) < 4.78 is 15.0. The third kappa shape index (κ3) is 5.39. The van der Waals surface area contributed by atoms with Crippen molar-refractivity contribution in [1.82, 2.24) is 15.2 Å².